The highest BCUT2D eigenvalue weighted by molar-refractivity contribution is 7.09. The predicted molar refractivity (Wildman–Crippen MR) is 347 cm³/mol. The molecule has 10 unspecified atom stereocenters. The van der Waals surface area contributed by atoms with Crippen molar-refractivity contribution in [1.29, 1.82) is 0 Å². The standard InChI is InChI=1S/C60H66O17Si10/c1-51(61)63-47-29-49-80(3)65-78(53-31-13-5-14-32-53)66-83(56-37-19-8-20-38-56)72-82(55-35-17-7-18-36-55)67-79(54-33-15-6-16-34-54)68-84(57-39-21-9-22-40-57)73-85(69-80,58-41-23-10-24-42-58)76-87(75-83,60-45-27-12-28-46-60)77-86(74-84,59-43-25-11-26-44-59)71-81(4,70-82)50-30-48-64-52(2)62/h5-28,31-46,78-79H,29-30,47-50H2,1-4H3. The smallest absolute Gasteiger partial charge is 0.466 e. The summed E-state index contributed by atoms with van der Waals surface area (Å²) in [5.74, 6) is -0.857. The summed E-state index contributed by atoms with van der Waals surface area (Å²) in [5, 5.41) is 4.48. The van der Waals surface area contributed by atoms with Gasteiger partial charge in [-0.3, -0.25) is 9.59 Å². The molecule has 4 fully saturated rings. The van der Waals surface area contributed by atoms with E-state index in [1.165, 1.54) is 13.8 Å². The Hall–Kier alpha value is -5.65. The minimum atomic E-state index is -5.21. The fourth-order valence-electron chi connectivity index (χ4n) is 10.9. The van der Waals surface area contributed by atoms with Gasteiger partial charge < -0.3 is 63.0 Å². The van der Waals surface area contributed by atoms with Crippen LogP contribution in [0.2, 0.25) is 25.2 Å². The summed E-state index contributed by atoms with van der Waals surface area (Å²) in [6.07, 6.45) is 0.612. The maximum atomic E-state index is 12.6. The van der Waals surface area contributed by atoms with E-state index >= 15 is 0 Å². The lowest BCUT2D eigenvalue weighted by molar-refractivity contribution is -0.141. The van der Waals surface area contributed by atoms with Crippen LogP contribution in [0.15, 0.2) is 243 Å². The lowest BCUT2D eigenvalue weighted by Gasteiger charge is -2.57. The highest BCUT2D eigenvalue weighted by Gasteiger charge is 2.78. The summed E-state index contributed by atoms with van der Waals surface area (Å²) in [5.41, 5.74) is 0. The summed E-state index contributed by atoms with van der Waals surface area (Å²) in [7, 11) is -45.9. The van der Waals surface area contributed by atoms with E-state index in [0.717, 1.165) is 5.19 Å². The van der Waals surface area contributed by atoms with Gasteiger partial charge in [0.1, 0.15) is 0 Å². The van der Waals surface area contributed by atoms with E-state index in [9.17, 15) is 9.59 Å². The lowest BCUT2D eigenvalue weighted by atomic mass is 10.4. The van der Waals surface area contributed by atoms with Crippen molar-refractivity contribution in [3.05, 3.63) is 243 Å². The second-order valence-electron chi connectivity index (χ2n) is 21.6. The Kier molecular flexibility index (Phi) is 18.4. The largest absolute Gasteiger partial charge is 0.515 e. The van der Waals surface area contributed by atoms with Gasteiger partial charge in [-0.2, -0.15) is 0 Å². The molecule has 8 aromatic rings. The minimum absolute atomic E-state index is 0.0404. The van der Waals surface area contributed by atoms with Gasteiger partial charge in [0.15, 0.2) is 0 Å². The first-order chi connectivity index (χ1) is 42.2. The Bertz CT molecular complexity index is 3560. The number of ether oxygens (including phenoxy) is 2. The number of rotatable bonds is 16. The van der Waals surface area contributed by atoms with Gasteiger partial charge in [0, 0.05) is 45.0 Å². The number of hydrogen-bond acceptors (Lipinski definition) is 17. The van der Waals surface area contributed by atoms with E-state index in [0.29, 0.717) is 42.7 Å². The summed E-state index contributed by atoms with van der Waals surface area (Å²) in [6, 6.07) is 77.5. The molecule has 4 saturated heterocycles. The van der Waals surface area contributed by atoms with E-state index in [1.54, 1.807) is 0 Å². The molecular formula is C60H66O17Si10. The zero-order valence-electron chi connectivity index (χ0n) is 48.4. The molecule has 0 N–H and O–H groups in total. The average Bonchev–Trinajstić information content (AvgIpc) is 0.806. The molecule has 12 rings (SSSR count). The molecule has 4 aliphatic rings. The highest BCUT2D eigenvalue weighted by Crippen LogP contribution is 2.44. The molecule has 0 aromatic heterocycles. The molecule has 0 spiro atoms. The zero-order chi connectivity index (χ0) is 60.1. The van der Waals surface area contributed by atoms with Crippen LogP contribution < -0.4 is 41.5 Å². The Balaban J connectivity index is 1.31. The normalized spacial score (nSPS) is 30.7. The molecule has 0 aliphatic carbocycles. The van der Waals surface area contributed by atoms with E-state index < -0.39 is 100 Å². The third-order valence-electron chi connectivity index (χ3n) is 14.9. The Morgan fingerprint density at radius 2 is 0.540 bits per heavy atom. The van der Waals surface area contributed by atoms with Crippen LogP contribution in [0.4, 0.5) is 0 Å². The fourth-order valence-corrected chi connectivity index (χ4v) is 62.9. The van der Waals surface area contributed by atoms with Crippen LogP contribution in [-0.2, 0) is 72.6 Å². The van der Waals surface area contributed by atoms with E-state index in [2.05, 4.69) is 0 Å². The first-order valence-electron chi connectivity index (χ1n) is 28.9. The maximum Gasteiger partial charge on any atom is 0.515 e. The van der Waals surface area contributed by atoms with Crippen molar-refractivity contribution in [3.8, 4) is 0 Å². The quantitative estimate of drug-likeness (QED) is 0.0744. The molecule has 87 heavy (non-hydrogen) atoms. The molecule has 0 amide bonds. The van der Waals surface area contributed by atoms with Gasteiger partial charge in [-0.1, -0.05) is 243 Å². The van der Waals surface area contributed by atoms with Crippen molar-refractivity contribution in [3.63, 3.8) is 0 Å². The van der Waals surface area contributed by atoms with Gasteiger partial charge in [0.05, 0.1) is 13.2 Å². The van der Waals surface area contributed by atoms with Gasteiger partial charge in [-0.15, -0.1) is 0 Å². The fraction of sp³-hybridized carbons (Fsp3) is 0.167. The number of esters is 2. The van der Waals surface area contributed by atoms with Crippen molar-refractivity contribution in [1.82, 2.24) is 0 Å². The zero-order valence-corrected chi connectivity index (χ0v) is 58.7. The molecule has 4 heterocycles. The van der Waals surface area contributed by atoms with Crippen LogP contribution in [0, 0.1) is 0 Å². The second kappa shape index (κ2) is 26.1. The van der Waals surface area contributed by atoms with Crippen molar-refractivity contribution in [2.24, 2.45) is 0 Å². The van der Waals surface area contributed by atoms with E-state index in [4.69, 9.17) is 63.0 Å². The average molecular weight is 1340 g/mol. The summed E-state index contributed by atoms with van der Waals surface area (Å²) in [4.78, 5) is 25.1. The van der Waals surface area contributed by atoms with Crippen molar-refractivity contribution in [2.45, 2.75) is 51.9 Å². The third-order valence-corrected chi connectivity index (χ3v) is 55.9. The van der Waals surface area contributed by atoms with E-state index in [-0.39, 0.29) is 31.7 Å². The molecule has 10 atom stereocenters. The number of carbonyl (C=O) groups is 2. The Morgan fingerprint density at radius 1 is 0.310 bits per heavy atom. The molecule has 27 heteroatoms. The van der Waals surface area contributed by atoms with E-state index in [1.807, 2.05) is 256 Å². The van der Waals surface area contributed by atoms with Crippen molar-refractivity contribution >= 4 is 142 Å². The molecule has 448 valence electrons. The monoisotopic (exact) mass is 1340 g/mol. The van der Waals surface area contributed by atoms with Crippen LogP contribution in [-0.4, -0.2) is 114 Å². The summed E-state index contributed by atoms with van der Waals surface area (Å²) < 4.78 is 119. The molecule has 0 saturated carbocycles. The second-order valence-corrected chi connectivity index (χ2v) is 51.0. The van der Waals surface area contributed by atoms with Crippen LogP contribution in [0.1, 0.15) is 26.7 Å². The number of hydrogen-bond donors (Lipinski definition) is 0. The molecule has 8 aromatic carbocycles. The number of carbonyl (C=O) groups excluding carboxylic acids is 2. The van der Waals surface area contributed by atoms with Crippen LogP contribution in [0.5, 0.6) is 0 Å². The SMILES string of the molecule is CC(=O)OCCC[Si]1(C)O[SiH](c2ccccc2)O[Si]2(c3ccccc3)O[Si]3(c4ccccc4)O[SiH](c4ccccc4)O[Si]4(c5ccccc5)O[Si](c5ccccc5)(O1)O[Si](c1ccccc1)(O2)O[Si](c1ccccc1)(O[Si](C)(CCCOC(C)=O)O3)O4. The van der Waals surface area contributed by atoms with Crippen molar-refractivity contribution < 1.29 is 72.6 Å². The predicted octanol–water partition coefficient (Wildman–Crippen LogP) is 4.64. The van der Waals surface area contributed by atoms with Crippen LogP contribution in [0.3, 0.4) is 0 Å². The first kappa shape index (κ1) is 61.6. The first-order valence-corrected chi connectivity index (χ1v) is 47.3. The maximum absolute atomic E-state index is 12.6. The molecule has 17 nitrogen and oxygen atoms in total. The third kappa shape index (κ3) is 13.3. The minimum Gasteiger partial charge on any atom is -0.466 e. The van der Waals surface area contributed by atoms with Crippen molar-refractivity contribution in [2.75, 3.05) is 13.2 Å². The number of fused-ring (bicyclic) bond motifs is 6. The molecule has 6 bridgehead atoms. The van der Waals surface area contributed by atoms with Gasteiger partial charge in [-0.05, 0) is 48.4 Å². The Morgan fingerprint density at radius 3 is 0.874 bits per heavy atom. The summed E-state index contributed by atoms with van der Waals surface area (Å²) >= 11 is 0. The Labute approximate surface area is 518 Å². The van der Waals surface area contributed by atoms with Crippen LogP contribution >= 0.6 is 0 Å². The topological polar surface area (TPSA) is 173 Å². The lowest BCUT2D eigenvalue weighted by Crippen LogP contribution is -2.89. The highest BCUT2D eigenvalue weighted by atomic mass is 28.6. The van der Waals surface area contributed by atoms with Gasteiger partial charge in [-0.25, -0.2) is 0 Å². The molecular weight excluding hydrogens is 1270 g/mol. The van der Waals surface area contributed by atoms with Gasteiger partial charge in [0.2, 0.25) is 0 Å². The molecule has 4 aliphatic heterocycles. The number of benzene rings is 8. The van der Waals surface area contributed by atoms with Gasteiger partial charge in [0.25, 0.3) is 0 Å². The van der Waals surface area contributed by atoms with Gasteiger partial charge >= 0.3 is 100 Å². The van der Waals surface area contributed by atoms with Crippen LogP contribution in [0.25, 0.3) is 0 Å². The summed E-state index contributed by atoms with van der Waals surface area (Å²) in [6.45, 7) is 6.82. The molecule has 0 radical (unpaired) electrons.